The Hall–Kier alpha value is -2.76. The molecule has 0 saturated carbocycles. The van der Waals surface area contributed by atoms with Gasteiger partial charge in [-0.3, -0.25) is 0 Å². The van der Waals surface area contributed by atoms with Gasteiger partial charge in [-0.2, -0.15) is 0 Å². The fourth-order valence-corrected chi connectivity index (χ4v) is 3.19. The number of aromatic nitrogens is 1. The number of piperidine rings is 1. The van der Waals surface area contributed by atoms with E-state index in [1.54, 1.807) is 6.20 Å². The van der Waals surface area contributed by atoms with Crippen molar-refractivity contribution in [3.8, 4) is 0 Å². The highest BCUT2D eigenvalue weighted by Gasteiger charge is 2.10. The normalized spacial score (nSPS) is 13.9. The Morgan fingerprint density at radius 3 is 2.19 bits per heavy atom. The molecule has 0 bridgehead atoms. The van der Waals surface area contributed by atoms with E-state index in [2.05, 4.69) is 44.8 Å². The third-order valence-electron chi connectivity index (χ3n) is 4.83. The third-order valence-corrected chi connectivity index (χ3v) is 4.83. The van der Waals surface area contributed by atoms with Crippen LogP contribution in [0.1, 0.15) is 30.4 Å². The molecule has 144 valence electrons. The SMILES string of the molecule is CN(C)c1ccc(CNC(=O)NCc2ccc(N3CCCCC3)cc2)cn1. The van der Waals surface area contributed by atoms with Crippen LogP contribution in [0, 0.1) is 0 Å². The molecule has 1 saturated heterocycles. The van der Waals surface area contributed by atoms with Crippen LogP contribution in [0.25, 0.3) is 0 Å². The standard InChI is InChI=1S/C21H29N5O/c1-25(2)20-11-8-18(15-22-20)16-24-21(27)23-14-17-6-9-19(10-7-17)26-12-4-3-5-13-26/h6-11,15H,3-5,12-14,16H2,1-2H3,(H2,23,24,27). The fourth-order valence-electron chi connectivity index (χ4n) is 3.19. The van der Waals surface area contributed by atoms with Gasteiger partial charge in [-0.25, -0.2) is 9.78 Å². The number of carbonyl (C=O) groups excluding carboxylic acids is 1. The molecular formula is C21H29N5O. The molecule has 1 fully saturated rings. The van der Waals surface area contributed by atoms with Gasteiger partial charge in [0.15, 0.2) is 0 Å². The molecule has 0 aliphatic carbocycles. The van der Waals surface area contributed by atoms with Gasteiger partial charge in [-0.1, -0.05) is 18.2 Å². The minimum absolute atomic E-state index is 0.174. The zero-order chi connectivity index (χ0) is 19.1. The van der Waals surface area contributed by atoms with Crippen LogP contribution in [-0.2, 0) is 13.1 Å². The van der Waals surface area contributed by atoms with Gasteiger partial charge in [0.1, 0.15) is 5.82 Å². The van der Waals surface area contributed by atoms with Gasteiger partial charge >= 0.3 is 6.03 Å². The number of nitrogens with zero attached hydrogens (tertiary/aromatic N) is 3. The molecule has 2 amide bonds. The van der Waals surface area contributed by atoms with Crippen molar-refractivity contribution in [3.63, 3.8) is 0 Å². The summed E-state index contributed by atoms with van der Waals surface area (Å²) in [5.41, 5.74) is 3.35. The van der Waals surface area contributed by atoms with Gasteiger partial charge in [0.05, 0.1) is 0 Å². The molecule has 2 aromatic rings. The second-order valence-electron chi connectivity index (χ2n) is 7.17. The molecule has 0 unspecified atom stereocenters. The number of rotatable bonds is 6. The van der Waals surface area contributed by atoms with Crippen LogP contribution < -0.4 is 20.4 Å². The number of hydrogen-bond acceptors (Lipinski definition) is 4. The van der Waals surface area contributed by atoms with Crippen LogP contribution in [-0.4, -0.2) is 38.2 Å². The first kappa shape index (κ1) is 19.0. The van der Waals surface area contributed by atoms with Gasteiger partial charge in [-0.05, 0) is 48.6 Å². The Morgan fingerprint density at radius 1 is 0.963 bits per heavy atom. The summed E-state index contributed by atoms with van der Waals surface area (Å²) in [6.07, 6.45) is 5.67. The summed E-state index contributed by atoms with van der Waals surface area (Å²) < 4.78 is 0. The first-order valence-corrected chi connectivity index (χ1v) is 9.59. The molecule has 2 heterocycles. The van der Waals surface area contributed by atoms with Crippen LogP contribution in [0.3, 0.4) is 0 Å². The summed E-state index contributed by atoms with van der Waals surface area (Å²) in [4.78, 5) is 20.7. The van der Waals surface area contributed by atoms with Gasteiger partial charge in [0.25, 0.3) is 0 Å². The minimum Gasteiger partial charge on any atom is -0.372 e. The minimum atomic E-state index is -0.174. The predicted octanol–water partition coefficient (Wildman–Crippen LogP) is 3.14. The van der Waals surface area contributed by atoms with E-state index in [1.807, 2.05) is 31.1 Å². The largest absolute Gasteiger partial charge is 0.372 e. The van der Waals surface area contributed by atoms with E-state index in [0.717, 1.165) is 30.0 Å². The van der Waals surface area contributed by atoms with Crippen molar-refractivity contribution < 1.29 is 4.79 Å². The Labute approximate surface area is 161 Å². The van der Waals surface area contributed by atoms with Crippen molar-refractivity contribution in [2.24, 2.45) is 0 Å². The van der Waals surface area contributed by atoms with E-state index in [4.69, 9.17) is 0 Å². The summed E-state index contributed by atoms with van der Waals surface area (Å²) in [7, 11) is 3.90. The molecule has 1 aromatic heterocycles. The van der Waals surface area contributed by atoms with Crippen molar-refractivity contribution in [1.29, 1.82) is 0 Å². The Bertz CT molecular complexity index is 721. The van der Waals surface area contributed by atoms with Crippen LogP contribution >= 0.6 is 0 Å². The van der Waals surface area contributed by atoms with Gasteiger partial charge in [0.2, 0.25) is 0 Å². The molecule has 2 N–H and O–H groups in total. The first-order valence-electron chi connectivity index (χ1n) is 9.59. The summed E-state index contributed by atoms with van der Waals surface area (Å²) in [5.74, 6) is 0.899. The van der Waals surface area contributed by atoms with Crippen LogP contribution in [0.4, 0.5) is 16.3 Å². The molecule has 1 aliphatic rings. The summed E-state index contributed by atoms with van der Waals surface area (Å²) in [5, 5.41) is 5.77. The van der Waals surface area contributed by atoms with E-state index in [0.29, 0.717) is 13.1 Å². The average Bonchev–Trinajstić information content (AvgIpc) is 2.72. The zero-order valence-corrected chi connectivity index (χ0v) is 16.2. The lowest BCUT2D eigenvalue weighted by atomic mass is 10.1. The van der Waals surface area contributed by atoms with Crippen LogP contribution in [0.15, 0.2) is 42.6 Å². The van der Waals surface area contributed by atoms with Crippen molar-refractivity contribution >= 4 is 17.5 Å². The van der Waals surface area contributed by atoms with Crippen molar-refractivity contribution in [2.75, 3.05) is 37.0 Å². The van der Waals surface area contributed by atoms with E-state index in [1.165, 1.54) is 24.9 Å². The molecule has 1 aromatic carbocycles. The Balaban J connectivity index is 1.42. The van der Waals surface area contributed by atoms with Gasteiger partial charge in [-0.15, -0.1) is 0 Å². The molecule has 6 nitrogen and oxygen atoms in total. The smallest absolute Gasteiger partial charge is 0.315 e. The van der Waals surface area contributed by atoms with Crippen LogP contribution in [0.2, 0.25) is 0 Å². The maximum absolute atomic E-state index is 12.0. The Kier molecular flexibility index (Phi) is 6.52. The maximum atomic E-state index is 12.0. The lowest BCUT2D eigenvalue weighted by Gasteiger charge is -2.28. The number of urea groups is 1. The van der Waals surface area contributed by atoms with Crippen molar-refractivity contribution in [3.05, 3.63) is 53.7 Å². The number of benzene rings is 1. The van der Waals surface area contributed by atoms with Gasteiger partial charge in [0, 0.05) is 52.2 Å². The quantitative estimate of drug-likeness (QED) is 0.823. The summed E-state index contributed by atoms with van der Waals surface area (Å²) >= 11 is 0. The third kappa shape index (κ3) is 5.61. The molecule has 0 atom stereocenters. The van der Waals surface area contributed by atoms with E-state index < -0.39 is 0 Å². The topological polar surface area (TPSA) is 60.5 Å². The second kappa shape index (κ2) is 9.26. The second-order valence-corrected chi connectivity index (χ2v) is 7.17. The Morgan fingerprint density at radius 2 is 1.59 bits per heavy atom. The monoisotopic (exact) mass is 367 g/mol. The van der Waals surface area contributed by atoms with Gasteiger partial charge < -0.3 is 20.4 Å². The number of hydrogen-bond donors (Lipinski definition) is 2. The number of amides is 2. The lowest BCUT2D eigenvalue weighted by Crippen LogP contribution is -2.34. The van der Waals surface area contributed by atoms with E-state index in [9.17, 15) is 4.79 Å². The highest BCUT2D eigenvalue weighted by Crippen LogP contribution is 2.20. The van der Waals surface area contributed by atoms with E-state index >= 15 is 0 Å². The number of carbonyl (C=O) groups is 1. The number of pyridine rings is 1. The summed E-state index contributed by atoms with van der Waals surface area (Å²) in [6.45, 7) is 3.26. The molecule has 0 radical (unpaired) electrons. The number of anilines is 2. The average molecular weight is 367 g/mol. The molecule has 27 heavy (non-hydrogen) atoms. The van der Waals surface area contributed by atoms with E-state index in [-0.39, 0.29) is 6.03 Å². The highest BCUT2D eigenvalue weighted by molar-refractivity contribution is 5.73. The summed E-state index contributed by atoms with van der Waals surface area (Å²) in [6, 6.07) is 12.2. The molecule has 3 rings (SSSR count). The van der Waals surface area contributed by atoms with Crippen molar-refractivity contribution in [2.45, 2.75) is 32.4 Å². The van der Waals surface area contributed by atoms with Crippen molar-refractivity contribution in [1.82, 2.24) is 15.6 Å². The predicted molar refractivity (Wildman–Crippen MR) is 110 cm³/mol. The molecular weight excluding hydrogens is 338 g/mol. The first-order chi connectivity index (χ1) is 13.1. The number of nitrogens with one attached hydrogen (secondary N) is 2. The van der Waals surface area contributed by atoms with Crippen LogP contribution in [0.5, 0.6) is 0 Å². The lowest BCUT2D eigenvalue weighted by molar-refractivity contribution is 0.240. The molecule has 0 spiro atoms. The zero-order valence-electron chi connectivity index (χ0n) is 16.2. The fraction of sp³-hybridized carbons (Fsp3) is 0.429. The molecule has 1 aliphatic heterocycles. The maximum Gasteiger partial charge on any atom is 0.315 e. The highest BCUT2D eigenvalue weighted by atomic mass is 16.2. The molecule has 6 heteroatoms.